The van der Waals surface area contributed by atoms with Gasteiger partial charge in [0.05, 0.1) is 17.7 Å². The van der Waals surface area contributed by atoms with Crippen molar-refractivity contribution in [1.82, 2.24) is 0 Å². The van der Waals surface area contributed by atoms with Crippen LogP contribution in [0.15, 0.2) is 78.5 Å². The quantitative estimate of drug-likeness (QED) is 0.789. The lowest BCUT2D eigenvalue weighted by Gasteiger charge is -2.32. The number of nitrogens with one attached hydrogen (secondary N) is 1. The highest BCUT2D eigenvalue weighted by molar-refractivity contribution is 6.62. The molecule has 2 aromatic rings. The van der Waals surface area contributed by atoms with Gasteiger partial charge in [-0.1, -0.05) is 36.4 Å². The standard InChI is InChI=1S/C24H27BN2O3/c1-23(2)24(3,4)30-25(29-23)19-12-14-20(15-13-19)26-22(28)18-9-8-16-27(17-18)21-10-6-5-7-11-21/h5-16H,17H2,1-4H3,(H,26,28). The largest absolute Gasteiger partial charge is 0.494 e. The zero-order valence-electron chi connectivity index (χ0n) is 17.9. The molecule has 154 valence electrons. The summed E-state index contributed by atoms with van der Waals surface area (Å²) in [5.74, 6) is -0.108. The van der Waals surface area contributed by atoms with Crippen molar-refractivity contribution in [2.45, 2.75) is 38.9 Å². The van der Waals surface area contributed by atoms with Crippen LogP contribution in [-0.2, 0) is 14.1 Å². The van der Waals surface area contributed by atoms with Crippen LogP contribution in [0.3, 0.4) is 0 Å². The summed E-state index contributed by atoms with van der Waals surface area (Å²) < 4.78 is 12.2. The zero-order chi connectivity index (χ0) is 21.4. The minimum Gasteiger partial charge on any atom is -0.399 e. The molecule has 2 aliphatic heterocycles. The van der Waals surface area contributed by atoms with E-state index in [0.29, 0.717) is 12.1 Å². The SMILES string of the molecule is CC1(C)OB(c2ccc(NC(=O)C3=CC=CN(c4ccccc4)C3)cc2)OC1(C)C. The zero-order valence-corrected chi connectivity index (χ0v) is 17.9. The van der Waals surface area contributed by atoms with Crippen molar-refractivity contribution in [3.05, 3.63) is 78.5 Å². The summed E-state index contributed by atoms with van der Waals surface area (Å²) in [6, 6.07) is 17.6. The van der Waals surface area contributed by atoms with Gasteiger partial charge in [-0.15, -0.1) is 0 Å². The Morgan fingerprint density at radius 3 is 2.23 bits per heavy atom. The van der Waals surface area contributed by atoms with E-state index in [1.54, 1.807) is 0 Å². The fraction of sp³-hybridized carbons (Fsp3) is 0.292. The number of carbonyl (C=O) groups is 1. The van der Waals surface area contributed by atoms with Crippen LogP contribution in [0.25, 0.3) is 0 Å². The first kappa shape index (κ1) is 20.4. The van der Waals surface area contributed by atoms with E-state index in [1.165, 1.54) is 0 Å². The van der Waals surface area contributed by atoms with Gasteiger partial charge in [-0.25, -0.2) is 0 Å². The van der Waals surface area contributed by atoms with Crippen molar-refractivity contribution in [2.24, 2.45) is 0 Å². The van der Waals surface area contributed by atoms with Gasteiger partial charge in [0.25, 0.3) is 5.91 Å². The van der Waals surface area contributed by atoms with E-state index in [-0.39, 0.29) is 17.1 Å². The van der Waals surface area contributed by atoms with Crippen molar-refractivity contribution in [1.29, 1.82) is 0 Å². The molecular weight excluding hydrogens is 375 g/mol. The van der Waals surface area contributed by atoms with Gasteiger partial charge in [0.1, 0.15) is 0 Å². The van der Waals surface area contributed by atoms with E-state index < -0.39 is 7.12 Å². The summed E-state index contributed by atoms with van der Waals surface area (Å²) in [5, 5.41) is 2.98. The third-order valence-electron chi connectivity index (χ3n) is 5.98. The van der Waals surface area contributed by atoms with E-state index in [0.717, 1.165) is 16.8 Å². The molecule has 4 rings (SSSR count). The molecule has 1 fully saturated rings. The molecule has 0 spiro atoms. The summed E-state index contributed by atoms with van der Waals surface area (Å²) in [5.41, 5.74) is 2.67. The number of amides is 1. The maximum atomic E-state index is 12.8. The second-order valence-corrected chi connectivity index (χ2v) is 8.66. The lowest BCUT2D eigenvalue weighted by Crippen LogP contribution is -2.41. The van der Waals surface area contributed by atoms with Crippen LogP contribution in [0, 0.1) is 0 Å². The van der Waals surface area contributed by atoms with Crippen LogP contribution in [0.5, 0.6) is 0 Å². The first-order valence-electron chi connectivity index (χ1n) is 10.2. The first-order valence-corrected chi connectivity index (χ1v) is 10.2. The number of anilines is 2. The van der Waals surface area contributed by atoms with E-state index in [4.69, 9.17) is 9.31 Å². The molecule has 2 aromatic carbocycles. The minimum absolute atomic E-state index is 0.108. The predicted octanol–water partition coefficient (Wildman–Crippen LogP) is 3.88. The summed E-state index contributed by atoms with van der Waals surface area (Å²) in [6.07, 6.45) is 5.73. The number of hydrogen-bond acceptors (Lipinski definition) is 4. The molecular formula is C24H27BN2O3. The Morgan fingerprint density at radius 1 is 0.967 bits per heavy atom. The Balaban J connectivity index is 1.40. The van der Waals surface area contributed by atoms with Gasteiger partial charge in [0, 0.05) is 23.1 Å². The summed E-state index contributed by atoms with van der Waals surface area (Å²) in [6.45, 7) is 8.66. The second-order valence-electron chi connectivity index (χ2n) is 8.66. The molecule has 5 nitrogen and oxygen atoms in total. The number of rotatable bonds is 4. The average molecular weight is 402 g/mol. The fourth-order valence-corrected chi connectivity index (χ4v) is 3.41. The number of benzene rings is 2. The molecule has 0 atom stereocenters. The number of hydrogen-bond donors (Lipinski definition) is 1. The predicted molar refractivity (Wildman–Crippen MR) is 122 cm³/mol. The van der Waals surface area contributed by atoms with Gasteiger partial charge in [-0.2, -0.15) is 0 Å². The Kier molecular flexibility index (Phi) is 5.30. The van der Waals surface area contributed by atoms with Crippen LogP contribution < -0.4 is 15.7 Å². The number of para-hydroxylation sites is 1. The lowest BCUT2D eigenvalue weighted by atomic mass is 9.79. The van der Waals surface area contributed by atoms with Gasteiger partial charge in [-0.05, 0) is 63.5 Å². The maximum absolute atomic E-state index is 12.8. The Labute approximate surface area is 178 Å². The molecule has 1 amide bonds. The molecule has 6 heteroatoms. The summed E-state index contributed by atoms with van der Waals surface area (Å²) in [4.78, 5) is 14.8. The van der Waals surface area contributed by atoms with Crippen LogP contribution in [0.4, 0.5) is 11.4 Å². The van der Waals surface area contributed by atoms with Crippen LogP contribution in [0.1, 0.15) is 27.7 Å². The van der Waals surface area contributed by atoms with E-state index in [1.807, 2.05) is 101 Å². The van der Waals surface area contributed by atoms with Gasteiger partial charge >= 0.3 is 7.12 Å². The second kappa shape index (κ2) is 7.78. The van der Waals surface area contributed by atoms with Crippen molar-refractivity contribution in [3.8, 4) is 0 Å². The normalized spacial score (nSPS) is 19.5. The molecule has 2 heterocycles. The molecule has 1 saturated heterocycles. The monoisotopic (exact) mass is 402 g/mol. The molecule has 2 aliphatic rings. The lowest BCUT2D eigenvalue weighted by molar-refractivity contribution is -0.112. The van der Waals surface area contributed by atoms with E-state index in [2.05, 4.69) is 10.2 Å². The Morgan fingerprint density at radius 2 is 1.60 bits per heavy atom. The van der Waals surface area contributed by atoms with Crippen molar-refractivity contribution in [2.75, 3.05) is 16.8 Å². The molecule has 0 aromatic heterocycles. The number of carbonyl (C=O) groups excluding carboxylic acids is 1. The van der Waals surface area contributed by atoms with Gasteiger partial charge in [-0.3, -0.25) is 4.79 Å². The summed E-state index contributed by atoms with van der Waals surface area (Å²) in [7, 11) is -0.412. The van der Waals surface area contributed by atoms with Crippen molar-refractivity contribution in [3.63, 3.8) is 0 Å². The van der Waals surface area contributed by atoms with E-state index in [9.17, 15) is 4.79 Å². The van der Waals surface area contributed by atoms with E-state index >= 15 is 0 Å². The van der Waals surface area contributed by atoms with Crippen molar-refractivity contribution >= 4 is 29.9 Å². The Bertz CT molecular complexity index is 965. The Hall–Kier alpha value is -2.83. The molecule has 1 N–H and O–H groups in total. The van der Waals surface area contributed by atoms with Gasteiger partial charge in [0.2, 0.25) is 0 Å². The number of nitrogens with zero attached hydrogens (tertiary/aromatic N) is 1. The topological polar surface area (TPSA) is 50.8 Å². The first-order chi connectivity index (χ1) is 14.2. The third-order valence-corrected chi connectivity index (χ3v) is 5.98. The maximum Gasteiger partial charge on any atom is 0.494 e. The molecule has 0 radical (unpaired) electrons. The summed E-state index contributed by atoms with van der Waals surface area (Å²) >= 11 is 0. The highest BCUT2D eigenvalue weighted by Gasteiger charge is 2.51. The van der Waals surface area contributed by atoms with Crippen LogP contribution in [-0.4, -0.2) is 30.8 Å². The highest BCUT2D eigenvalue weighted by Crippen LogP contribution is 2.36. The fourth-order valence-electron chi connectivity index (χ4n) is 3.41. The molecule has 0 aliphatic carbocycles. The number of allylic oxidation sites excluding steroid dienone is 2. The molecule has 0 unspecified atom stereocenters. The van der Waals surface area contributed by atoms with Crippen LogP contribution in [0.2, 0.25) is 0 Å². The van der Waals surface area contributed by atoms with Gasteiger partial charge in [0.15, 0.2) is 0 Å². The average Bonchev–Trinajstić information content (AvgIpc) is 2.96. The molecule has 0 bridgehead atoms. The molecule has 30 heavy (non-hydrogen) atoms. The molecule has 0 saturated carbocycles. The smallest absolute Gasteiger partial charge is 0.399 e. The van der Waals surface area contributed by atoms with Crippen molar-refractivity contribution < 1.29 is 14.1 Å². The minimum atomic E-state index is -0.412. The highest BCUT2D eigenvalue weighted by atomic mass is 16.7. The van der Waals surface area contributed by atoms with Crippen LogP contribution >= 0.6 is 0 Å². The van der Waals surface area contributed by atoms with Gasteiger partial charge < -0.3 is 19.5 Å². The third kappa shape index (κ3) is 4.06.